The number of nitrogens with two attached hydrogens (primary N) is 2. The van der Waals surface area contributed by atoms with Crippen molar-refractivity contribution in [2.24, 2.45) is 11.5 Å². The summed E-state index contributed by atoms with van der Waals surface area (Å²) < 4.78 is 4.40. The third-order valence-corrected chi connectivity index (χ3v) is 0.348. The average molecular weight is 148 g/mol. The van der Waals surface area contributed by atoms with Crippen LogP contribution in [0.15, 0.2) is 0 Å². The molecule has 0 radical (unpaired) electrons. The molecular weight excluding hydrogens is 136 g/mol. The molecule has 0 bridgehead atoms. The van der Waals surface area contributed by atoms with Gasteiger partial charge in [-0.1, -0.05) is 0 Å². The van der Waals surface area contributed by atoms with E-state index < -0.39 is 6.03 Å². The van der Waals surface area contributed by atoms with Gasteiger partial charge in [-0.05, 0) is 6.92 Å². The lowest BCUT2D eigenvalue weighted by atomic mass is 10.8. The van der Waals surface area contributed by atoms with E-state index >= 15 is 0 Å². The highest BCUT2D eigenvalue weighted by Crippen LogP contribution is 1.69. The zero-order valence-corrected chi connectivity index (χ0v) is 6.09. The van der Waals surface area contributed by atoms with Crippen molar-refractivity contribution in [3.63, 3.8) is 0 Å². The average Bonchev–Trinajstić information content (AvgIpc) is 1.62. The Hall–Kier alpha value is -1.26. The van der Waals surface area contributed by atoms with E-state index in [1.165, 1.54) is 6.92 Å². The Morgan fingerprint density at radius 3 is 1.70 bits per heavy atom. The largest absolute Gasteiger partial charge is 0.466 e. The normalized spacial score (nSPS) is 7.00. The molecule has 0 aliphatic rings. The van der Waals surface area contributed by atoms with E-state index in [4.69, 9.17) is 4.79 Å². The summed E-state index contributed by atoms with van der Waals surface area (Å²) in [5, 5.41) is 0. The minimum absolute atomic E-state index is 0.211. The van der Waals surface area contributed by atoms with Crippen molar-refractivity contribution >= 4 is 12.0 Å². The van der Waals surface area contributed by atoms with Crippen LogP contribution in [0.2, 0.25) is 0 Å². The van der Waals surface area contributed by atoms with Gasteiger partial charge in [-0.3, -0.25) is 4.79 Å². The Morgan fingerprint density at radius 1 is 1.40 bits per heavy atom. The van der Waals surface area contributed by atoms with Gasteiger partial charge in [0.1, 0.15) is 0 Å². The number of hydrogen-bond acceptors (Lipinski definition) is 3. The van der Waals surface area contributed by atoms with Gasteiger partial charge in [-0.15, -0.1) is 0 Å². The molecular formula is C5H12N2O3. The number of hydrogen-bond donors (Lipinski definition) is 2. The second-order valence-corrected chi connectivity index (χ2v) is 1.33. The fraction of sp³-hybridized carbons (Fsp3) is 0.600. The van der Waals surface area contributed by atoms with Crippen molar-refractivity contribution in [2.75, 3.05) is 6.61 Å². The van der Waals surface area contributed by atoms with E-state index in [9.17, 15) is 4.79 Å². The maximum absolute atomic E-state index is 9.82. The molecule has 0 spiro atoms. The molecule has 5 nitrogen and oxygen atoms in total. The van der Waals surface area contributed by atoms with Crippen LogP contribution in [-0.4, -0.2) is 18.6 Å². The lowest BCUT2D eigenvalue weighted by Crippen LogP contribution is -2.18. The van der Waals surface area contributed by atoms with Crippen molar-refractivity contribution in [1.82, 2.24) is 0 Å². The molecule has 0 fully saturated rings. The minimum atomic E-state index is -0.833. The Kier molecular flexibility index (Phi) is 8.92. The molecule has 0 aromatic carbocycles. The Labute approximate surface area is 59.3 Å². The number of carbonyl (C=O) groups excluding carboxylic acids is 2. The number of rotatable bonds is 1. The third kappa shape index (κ3) is 73.3. The van der Waals surface area contributed by atoms with Crippen LogP contribution in [0.1, 0.15) is 13.8 Å². The predicted molar refractivity (Wildman–Crippen MR) is 36.1 cm³/mol. The SMILES string of the molecule is CCOC(C)=O.NC(N)=O. The molecule has 0 rings (SSSR count). The van der Waals surface area contributed by atoms with Crippen LogP contribution in [-0.2, 0) is 9.53 Å². The molecule has 0 saturated carbocycles. The lowest BCUT2D eigenvalue weighted by molar-refractivity contribution is -0.140. The zero-order valence-electron chi connectivity index (χ0n) is 6.09. The molecule has 4 N–H and O–H groups in total. The van der Waals surface area contributed by atoms with E-state index in [0.29, 0.717) is 6.61 Å². The van der Waals surface area contributed by atoms with Gasteiger partial charge in [-0.2, -0.15) is 0 Å². The molecule has 0 aromatic heterocycles. The molecule has 10 heavy (non-hydrogen) atoms. The fourth-order valence-corrected chi connectivity index (χ4v) is 0.203. The Bertz CT molecular complexity index is 109. The van der Waals surface area contributed by atoms with Gasteiger partial charge in [0.25, 0.3) is 0 Å². The van der Waals surface area contributed by atoms with Crippen LogP contribution in [0.25, 0.3) is 0 Å². The molecule has 5 heteroatoms. The molecule has 0 unspecified atom stereocenters. The summed E-state index contributed by atoms with van der Waals surface area (Å²) in [6.07, 6.45) is 0. The van der Waals surface area contributed by atoms with E-state index in [1.807, 2.05) is 0 Å². The smallest absolute Gasteiger partial charge is 0.309 e. The topological polar surface area (TPSA) is 95.4 Å². The standard InChI is InChI=1S/C4H8O2.CH4N2O/c1-3-6-4(2)5;2-1(3)4/h3H2,1-2H3;(H4,2,3,4). The summed E-state index contributed by atoms with van der Waals surface area (Å²) in [5.41, 5.74) is 8.50. The number of carbonyl (C=O) groups is 2. The van der Waals surface area contributed by atoms with Gasteiger partial charge in [0, 0.05) is 6.92 Å². The first-order chi connectivity index (χ1) is 4.50. The monoisotopic (exact) mass is 148 g/mol. The molecule has 0 aliphatic carbocycles. The fourth-order valence-electron chi connectivity index (χ4n) is 0.203. The van der Waals surface area contributed by atoms with Crippen molar-refractivity contribution in [2.45, 2.75) is 13.8 Å². The summed E-state index contributed by atoms with van der Waals surface area (Å²) in [6, 6.07) is -0.833. The van der Waals surface area contributed by atoms with Crippen molar-refractivity contribution in [3.05, 3.63) is 0 Å². The first-order valence-corrected chi connectivity index (χ1v) is 2.69. The number of urea groups is 1. The van der Waals surface area contributed by atoms with Crippen LogP contribution >= 0.6 is 0 Å². The van der Waals surface area contributed by atoms with Gasteiger partial charge in [0.2, 0.25) is 0 Å². The van der Waals surface area contributed by atoms with E-state index in [1.54, 1.807) is 6.92 Å². The highest BCUT2D eigenvalue weighted by Gasteiger charge is 1.81. The molecule has 0 aromatic rings. The van der Waals surface area contributed by atoms with Crippen molar-refractivity contribution in [3.8, 4) is 0 Å². The number of ether oxygens (including phenoxy) is 1. The molecule has 0 saturated heterocycles. The van der Waals surface area contributed by atoms with Gasteiger partial charge in [0.15, 0.2) is 0 Å². The molecule has 2 amide bonds. The highest BCUT2D eigenvalue weighted by atomic mass is 16.5. The van der Waals surface area contributed by atoms with Crippen LogP contribution in [0.5, 0.6) is 0 Å². The predicted octanol–water partition coefficient (Wildman–Crippen LogP) is -0.407. The van der Waals surface area contributed by atoms with E-state index in [0.717, 1.165) is 0 Å². The van der Waals surface area contributed by atoms with Gasteiger partial charge in [-0.25, -0.2) is 4.79 Å². The molecule has 0 aliphatic heterocycles. The second kappa shape index (κ2) is 7.74. The quantitative estimate of drug-likeness (QED) is 0.495. The lowest BCUT2D eigenvalue weighted by Gasteiger charge is -1.89. The molecule has 60 valence electrons. The van der Waals surface area contributed by atoms with E-state index in [2.05, 4.69) is 16.2 Å². The maximum atomic E-state index is 9.82. The van der Waals surface area contributed by atoms with Crippen LogP contribution in [0, 0.1) is 0 Å². The van der Waals surface area contributed by atoms with E-state index in [-0.39, 0.29) is 5.97 Å². The number of esters is 1. The van der Waals surface area contributed by atoms with Crippen LogP contribution in [0.3, 0.4) is 0 Å². The van der Waals surface area contributed by atoms with Crippen LogP contribution < -0.4 is 11.5 Å². The van der Waals surface area contributed by atoms with Gasteiger partial charge < -0.3 is 16.2 Å². The summed E-state index contributed by atoms with van der Waals surface area (Å²) in [5.74, 6) is -0.211. The maximum Gasteiger partial charge on any atom is 0.309 e. The molecule has 0 heterocycles. The molecule has 0 atom stereocenters. The minimum Gasteiger partial charge on any atom is -0.466 e. The second-order valence-electron chi connectivity index (χ2n) is 1.33. The Balaban J connectivity index is 0. The summed E-state index contributed by atoms with van der Waals surface area (Å²) in [6.45, 7) is 3.65. The van der Waals surface area contributed by atoms with Crippen molar-refractivity contribution in [1.29, 1.82) is 0 Å². The summed E-state index contributed by atoms with van der Waals surface area (Å²) >= 11 is 0. The van der Waals surface area contributed by atoms with Crippen molar-refractivity contribution < 1.29 is 14.3 Å². The third-order valence-electron chi connectivity index (χ3n) is 0.348. The van der Waals surface area contributed by atoms with Crippen LogP contribution in [0.4, 0.5) is 4.79 Å². The number of amides is 2. The highest BCUT2D eigenvalue weighted by molar-refractivity contribution is 5.69. The zero-order chi connectivity index (χ0) is 8.57. The van der Waals surface area contributed by atoms with Gasteiger partial charge in [0.05, 0.1) is 6.61 Å². The van der Waals surface area contributed by atoms with Gasteiger partial charge >= 0.3 is 12.0 Å². The first kappa shape index (κ1) is 11.5. The summed E-state index contributed by atoms with van der Waals surface area (Å²) in [4.78, 5) is 18.8. The number of primary amides is 2. The Morgan fingerprint density at radius 2 is 1.70 bits per heavy atom. The summed E-state index contributed by atoms with van der Waals surface area (Å²) in [7, 11) is 0. The first-order valence-electron chi connectivity index (χ1n) is 2.69.